The van der Waals surface area contributed by atoms with E-state index in [9.17, 15) is 5.21 Å². The quantitative estimate of drug-likeness (QED) is 0.722. The molecule has 15 heavy (non-hydrogen) atoms. The lowest BCUT2D eigenvalue weighted by Gasteiger charge is -2.28. The normalized spacial score (nSPS) is 18.6. The van der Waals surface area contributed by atoms with Crippen molar-refractivity contribution in [3.63, 3.8) is 0 Å². The SMILES string of the molecule is CCN1CCc2cc([NH+](C)[O-])ccc2C1. The fourth-order valence-corrected chi connectivity index (χ4v) is 2.10. The Morgan fingerprint density at radius 3 is 2.87 bits per heavy atom. The molecule has 0 aliphatic carbocycles. The maximum atomic E-state index is 11.2. The van der Waals surface area contributed by atoms with E-state index < -0.39 is 0 Å². The fraction of sp³-hybridized carbons (Fsp3) is 0.500. The van der Waals surface area contributed by atoms with Crippen molar-refractivity contribution < 1.29 is 5.06 Å². The summed E-state index contributed by atoms with van der Waals surface area (Å²) in [6.45, 7) is 5.44. The van der Waals surface area contributed by atoms with Crippen molar-refractivity contribution in [2.45, 2.75) is 19.9 Å². The van der Waals surface area contributed by atoms with Gasteiger partial charge in [-0.15, -0.1) is 0 Å². The van der Waals surface area contributed by atoms with Crippen LogP contribution in [0.25, 0.3) is 0 Å². The first-order valence-corrected chi connectivity index (χ1v) is 5.56. The average Bonchev–Trinajstić information content (AvgIpc) is 2.27. The molecule has 1 N–H and O–H groups in total. The molecule has 0 saturated heterocycles. The van der Waals surface area contributed by atoms with Crippen molar-refractivity contribution in [3.8, 4) is 0 Å². The van der Waals surface area contributed by atoms with Crippen LogP contribution < -0.4 is 5.06 Å². The Hall–Kier alpha value is -0.900. The van der Waals surface area contributed by atoms with Crippen LogP contribution in [-0.2, 0) is 13.0 Å². The van der Waals surface area contributed by atoms with Crippen LogP contribution >= 0.6 is 0 Å². The minimum absolute atomic E-state index is 0.163. The highest BCUT2D eigenvalue weighted by Crippen LogP contribution is 2.20. The molecule has 0 fully saturated rings. The predicted molar refractivity (Wildman–Crippen MR) is 61.0 cm³/mol. The number of benzene rings is 1. The molecule has 1 aromatic rings. The summed E-state index contributed by atoms with van der Waals surface area (Å²) < 4.78 is 0. The van der Waals surface area contributed by atoms with Gasteiger partial charge in [-0.2, -0.15) is 0 Å². The van der Waals surface area contributed by atoms with Crippen molar-refractivity contribution in [2.24, 2.45) is 0 Å². The third kappa shape index (κ3) is 2.20. The summed E-state index contributed by atoms with van der Waals surface area (Å²) >= 11 is 0. The van der Waals surface area contributed by atoms with Crippen LogP contribution in [0.1, 0.15) is 18.1 Å². The van der Waals surface area contributed by atoms with Gasteiger partial charge in [0.05, 0.1) is 7.05 Å². The second-order valence-corrected chi connectivity index (χ2v) is 4.16. The zero-order chi connectivity index (χ0) is 10.8. The second-order valence-electron chi connectivity index (χ2n) is 4.16. The Balaban J connectivity index is 2.24. The molecule has 1 heterocycles. The molecule has 3 heteroatoms. The topological polar surface area (TPSA) is 30.7 Å². The van der Waals surface area contributed by atoms with Gasteiger partial charge in [0.2, 0.25) is 0 Å². The van der Waals surface area contributed by atoms with Gasteiger partial charge in [0.15, 0.2) is 0 Å². The zero-order valence-electron chi connectivity index (χ0n) is 9.42. The molecule has 1 aliphatic rings. The summed E-state index contributed by atoms with van der Waals surface area (Å²) in [5.74, 6) is 0. The number of hydrogen-bond donors (Lipinski definition) is 1. The summed E-state index contributed by atoms with van der Waals surface area (Å²) in [7, 11) is 1.63. The van der Waals surface area contributed by atoms with E-state index in [1.807, 2.05) is 6.07 Å². The van der Waals surface area contributed by atoms with Gasteiger partial charge < -0.3 is 10.3 Å². The number of nitrogens with zero attached hydrogens (tertiary/aromatic N) is 1. The van der Waals surface area contributed by atoms with Crippen molar-refractivity contribution in [3.05, 3.63) is 34.5 Å². The van der Waals surface area contributed by atoms with Gasteiger partial charge in [-0.25, -0.2) is 0 Å². The molecule has 82 valence electrons. The van der Waals surface area contributed by atoms with Crippen molar-refractivity contribution in [1.82, 2.24) is 4.90 Å². The smallest absolute Gasteiger partial charge is 0.131 e. The van der Waals surface area contributed by atoms with Gasteiger partial charge in [0.25, 0.3) is 0 Å². The summed E-state index contributed by atoms with van der Waals surface area (Å²) in [6.07, 6.45) is 1.07. The Kier molecular flexibility index (Phi) is 3.05. The van der Waals surface area contributed by atoms with E-state index in [0.29, 0.717) is 0 Å². The zero-order valence-corrected chi connectivity index (χ0v) is 9.42. The van der Waals surface area contributed by atoms with E-state index in [0.717, 1.165) is 31.7 Å². The van der Waals surface area contributed by atoms with Gasteiger partial charge in [-0.3, -0.25) is 4.90 Å². The number of hydroxylamine groups is 1. The lowest BCUT2D eigenvalue weighted by molar-refractivity contribution is -0.751. The standard InChI is InChI=1S/C12H18N2O/c1-3-14-7-6-10-8-12(13(2)15)5-4-11(10)9-14/h4-5,8,13H,3,6-7,9H2,1-2H3. The number of quaternary nitrogens is 1. The molecule has 0 saturated carbocycles. The van der Waals surface area contributed by atoms with Crippen LogP contribution in [0.15, 0.2) is 18.2 Å². The van der Waals surface area contributed by atoms with E-state index >= 15 is 0 Å². The van der Waals surface area contributed by atoms with E-state index in [-0.39, 0.29) is 5.06 Å². The molecule has 2 rings (SSSR count). The Bertz CT molecular complexity index is 349. The first-order valence-electron chi connectivity index (χ1n) is 5.56. The van der Waals surface area contributed by atoms with Crippen molar-refractivity contribution >= 4 is 5.69 Å². The number of nitrogens with one attached hydrogen (secondary N) is 1. The van der Waals surface area contributed by atoms with Gasteiger partial charge in [0, 0.05) is 19.2 Å². The molecular formula is C12H18N2O. The Morgan fingerprint density at radius 2 is 2.20 bits per heavy atom. The summed E-state index contributed by atoms with van der Waals surface area (Å²) in [4.78, 5) is 2.43. The van der Waals surface area contributed by atoms with Crippen molar-refractivity contribution in [1.29, 1.82) is 0 Å². The van der Waals surface area contributed by atoms with Crippen LogP contribution in [0, 0.1) is 5.21 Å². The molecule has 3 nitrogen and oxygen atoms in total. The minimum atomic E-state index is 0.163. The Morgan fingerprint density at radius 1 is 1.40 bits per heavy atom. The highest BCUT2D eigenvalue weighted by atomic mass is 16.5. The molecule has 1 aromatic carbocycles. The highest BCUT2D eigenvalue weighted by Gasteiger charge is 2.15. The molecule has 0 aromatic heterocycles. The van der Waals surface area contributed by atoms with E-state index in [1.54, 1.807) is 7.05 Å². The number of fused-ring (bicyclic) bond motifs is 1. The minimum Gasteiger partial charge on any atom is -0.629 e. The summed E-state index contributed by atoms with van der Waals surface area (Å²) in [5.41, 5.74) is 3.58. The molecule has 0 bridgehead atoms. The van der Waals surface area contributed by atoms with Crippen LogP contribution in [0.5, 0.6) is 0 Å². The largest absolute Gasteiger partial charge is 0.629 e. The first kappa shape index (κ1) is 10.6. The van der Waals surface area contributed by atoms with Gasteiger partial charge in [0.1, 0.15) is 5.69 Å². The fourth-order valence-electron chi connectivity index (χ4n) is 2.10. The first-order chi connectivity index (χ1) is 7.20. The molecule has 0 spiro atoms. The predicted octanol–water partition coefficient (Wildman–Crippen LogP) is 0.709. The van der Waals surface area contributed by atoms with E-state index in [2.05, 4.69) is 24.0 Å². The second kappa shape index (κ2) is 4.31. The number of rotatable bonds is 2. The molecular weight excluding hydrogens is 188 g/mol. The number of hydrogen-bond acceptors (Lipinski definition) is 2. The third-order valence-electron chi connectivity index (χ3n) is 3.15. The van der Waals surface area contributed by atoms with Crippen LogP contribution in [0.2, 0.25) is 0 Å². The van der Waals surface area contributed by atoms with Crippen LogP contribution in [0.3, 0.4) is 0 Å². The summed E-state index contributed by atoms with van der Waals surface area (Å²) in [5, 5.41) is 11.4. The van der Waals surface area contributed by atoms with Crippen LogP contribution in [0.4, 0.5) is 5.69 Å². The Labute approximate surface area is 90.9 Å². The van der Waals surface area contributed by atoms with Gasteiger partial charge in [-0.1, -0.05) is 13.0 Å². The van der Waals surface area contributed by atoms with Crippen molar-refractivity contribution in [2.75, 3.05) is 20.1 Å². The van der Waals surface area contributed by atoms with Gasteiger partial charge >= 0.3 is 0 Å². The monoisotopic (exact) mass is 206 g/mol. The molecule has 1 unspecified atom stereocenters. The van der Waals surface area contributed by atoms with E-state index in [1.165, 1.54) is 11.1 Å². The highest BCUT2D eigenvalue weighted by molar-refractivity contribution is 5.40. The maximum Gasteiger partial charge on any atom is 0.131 e. The summed E-state index contributed by atoms with van der Waals surface area (Å²) in [6, 6.07) is 6.11. The molecule has 0 radical (unpaired) electrons. The number of likely N-dealkylation sites (N-methyl/N-ethyl adjacent to an activating group) is 1. The van der Waals surface area contributed by atoms with E-state index in [4.69, 9.17) is 0 Å². The third-order valence-corrected chi connectivity index (χ3v) is 3.15. The van der Waals surface area contributed by atoms with Crippen LogP contribution in [-0.4, -0.2) is 25.0 Å². The van der Waals surface area contributed by atoms with Gasteiger partial charge in [-0.05, 0) is 30.2 Å². The lowest BCUT2D eigenvalue weighted by Crippen LogP contribution is -2.98. The molecule has 0 amide bonds. The average molecular weight is 206 g/mol. The molecule has 1 atom stereocenters. The maximum absolute atomic E-state index is 11.2. The lowest BCUT2D eigenvalue weighted by atomic mass is 9.99. The molecule has 1 aliphatic heterocycles.